The molecule has 1 amide bonds. The first-order chi connectivity index (χ1) is 14.3. The summed E-state index contributed by atoms with van der Waals surface area (Å²) in [7, 11) is -3.79. The van der Waals surface area contributed by atoms with E-state index in [0.29, 0.717) is 16.3 Å². The molecule has 0 saturated carbocycles. The average Bonchev–Trinajstić information content (AvgIpc) is 2.73. The van der Waals surface area contributed by atoms with E-state index in [1.54, 1.807) is 18.2 Å². The molecule has 0 aromatic heterocycles. The van der Waals surface area contributed by atoms with Crippen LogP contribution >= 0.6 is 11.6 Å². The quantitative estimate of drug-likeness (QED) is 0.519. The zero-order chi connectivity index (χ0) is 21.7. The molecule has 5 nitrogen and oxygen atoms in total. The highest BCUT2D eigenvalue weighted by molar-refractivity contribution is 7.92. The maximum Gasteiger partial charge on any atom is 0.261 e. The van der Waals surface area contributed by atoms with Crippen molar-refractivity contribution in [2.24, 2.45) is 0 Å². The van der Waals surface area contributed by atoms with Gasteiger partial charge < -0.3 is 5.32 Å². The van der Waals surface area contributed by atoms with Gasteiger partial charge in [-0.15, -0.1) is 0 Å². The van der Waals surface area contributed by atoms with Crippen LogP contribution in [-0.2, 0) is 10.0 Å². The zero-order valence-corrected chi connectivity index (χ0v) is 18.3. The number of sulfonamides is 1. The van der Waals surface area contributed by atoms with Gasteiger partial charge in [0.15, 0.2) is 0 Å². The van der Waals surface area contributed by atoms with Crippen LogP contribution < -0.4 is 10.0 Å². The number of carbonyl (C=O) groups is 1. The molecule has 0 aliphatic carbocycles. The van der Waals surface area contributed by atoms with E-state index >= 15 is 0 Å². The maximum atomic E-state index is 12.8. The van der Waals surface area contributed by atoms with Crippen LogP contribution in [0.25, 0.3) is 0 Å². The molecule has 0 heterocycles. The lowest BCUT2D eigenvalue weighted by Crippen LogP contribution is -2.28. The molecule has 2 N–H and O–H groups in total. The molecule has 0 unspecified atom stereocenters. The minimum Gasteiger partial charge on any atom is -0.345 e. The van der Waals surface area contributed by atoms with Gasteiger partial charge in [0.25, 0.3) is 15.9 Å². The number of rotatable bonds is 7. The Labute approximate surface area is 182 Å². The molecular formula is C23H23ClN2O3S. The summed E-state index contributed by atoms with van der Waals surface area (Å²) in [6.45, 7) is 4.02. The molecule has 3 aromatic carbocycles. The maximum absolute atomic E-state index is 12.8. The average molecular weight is 443 g/mol. The van der Waals surface area contributed by atoms with Gasteiger partial charge in [0.05, 0.1) is 10.9 Å². The number of hydrogen-bond donors (Lipinski definition) is 2. The van der Waals surface area contributed by atoms with E-state index in [0.717, 1.165) is 17.5 Å². The van der Waals surface area contributed by atoms with Crippen molar-refractivity contribution < 1.29 is 13.2 Å². The van der Waals surface area contributed by atoms with E-state index in [4.69, 9.17) is 11.6 Å². The molecular weight excluding hydrogens is 420 g/mol. The molecule has 7 heteroatoms. The fraction of sp³-hybridized carbons (Fsp3) is 0.174. The topological polar surface area (TPSA) is 75.3 Å². The van der Waals surface area contributed by atoms with Gasteiger partial charge in [-0.1, -0.05) is 54.4 Å². The van der Waals surface area contributed by atoms with Gasteiger partial charge in [0.1, 0.15) is 0 Å². The van der Waals surface area contributed by atoms with Crippen LogP contribution in [-0.4, -0.2) is 14.3 Å². The fourth-order valence-corrected chi connectivity index (χ4v) is 4.19. The first-order valence-electron chi connectivity index (χ1n) is 9.54. The van der Waals surface area contributed by atoms with Crippen molar-refractivity contribution in [3.63, 3.8) is 0 Å². The van der Waals surface area contributed by atoms with Gasteiger partial charge in [0, 0.05) is 16.3 Å². The second-order valence-corrected chi connectivity index (χ2v) is 9.10. The van der Waals surface area contributed by atoms with Crippen molar-refractivity contribution in [3.05, 3.63) is 94.5 Å². The van der Waals surface area contributed by atoms with Crippen LogP contribution in [0, 0.1) is 6.92 Å². The van der Waals surface area contributed by atoms with Crippen LogP contribution in [0.4, 0.5) is 5.69 Å². The Morgan fingerprint density at radius 3 is 2.30 bits per heavy atom. The van der Waals surface area contributed by atoms with Gasteiger partial charge in [-0.25, -0.2) is 8.42 Å². The molecule has 0 bridgehead atoms. The van der Waals surface area contributed by atoms with Crippen LogP contribution in [0.5, 0.6) is 0 Å². The number of benzene rings is 3. The fourth-order valence-electron chi connectivity index (χ4n) is 3.01. The summed E-state index contributed by atoms with van der Waals surface area (Å²) < 4.78 is 27.7. The molecule has 0 radical (unpaired) electrons. The third-order valence-electron chi connectivity index (χ3n) is 4.69. The van der Waals surface area contributed by atoms with Crippen LogP contribution in [0.15, 0.2) is 77.7 Å². The van der Waals surface area contributed by atoms with Crippen molar-refractivity contribution in [3.8, 4) is 0 Å². The minimum absolute atomic E-state index is 0.0900. The zero-order valence-electron chi connectivity index (χ0n) is 16.7. The predicted octanol–water partition coefficient (Wildman–Crippen LogP) is 5.33. The normalized spacial score (nSPS) is 12.2. The summed E-state index contributed by atoms with van der Waals surface area (Å²) in [6, 6.07) is 20.2. The van der Waals surface area contributed by atoms with Crippen molar-refractivity contribution in [1.82, 2.24) is 5.32 Å². The highest BCUT2D eigenvalue weighted by Gasteiger charge is 2.17. The second-order valence-electron chi connectivity index (χ2n) is 6.99. The second kappa shape index (κ2) is 9.32. The van der Waals surface area contributed by atoms with E-state index in [1.165, 1.54) is 30.3 Å². The highest BCUT2D eigenvalue weighted by Crippen LogP contribution is 2.21. The summed E-state index contributed by atoms with van der Waals surface area (Å²) in [5.41, 5.74) is 2.86. The molecule has 0 spiro atoms. The first kappa shape index (κ1) is 21.9. The van der Waals surface area contributed by atoms with Crippen LogP contribution in [0.3, 0.4) is 0 Å². The molecule has 30 heavy (non-hydrogen) atoms. The molecule has 156 valence electrons. The summed E-state index contributed by atoms with van der Waals surface area (Å²) in [6.07, 6.45) is 0.734. The lowest BCUT2D eigenvalue weighted by molar-refractivity contribution is 0.0935. The standard InChI is InChI=1S/C23H23ClN2O3S/c1-3-22(17-9-7-16(2)8-10-17)25-23(27)18-5-4-6-20(15-18)26-30(28,29)21-13-11-19(24)12-14-21/h4-15,22,26H,3H2,1-2H3,(H,25,27)/t22-/m0/s1. The van der Waals surface area contributed by atoms with E-state index in [2.05, 4.69) is 10.0 Å². The Morgan fingerprint density at radius 1 is 1.00 bits per heavy atom. The molecule has 3 aromatic rings. The first-order valence-corrected chi connectivity index (χ1v) is 11.4. The van der Waals surface area contributed by atoms with Gasteiger partial charge in [0.2, 0.25) is 0 Å². The third-order valence-corrected chi connectivity index (χ3v) is 6.34. The predicted molar refractivity (Wildman–Crippen MR) is 120 cm³/mol. The van der Waals surface area contributed by atoms with Crippen molar-refractivity contribution in [2.75, 3.05) is 4.72 Å². The summed E-state index contributed by atoms with van der Waals surface area (Å²) in [5.74, 6) is -0.269. The Hall–Kier alpha value is -2.83. The van der Waals surface area contributed by atoms with Gasteiger partial charge in [-0.05, 0) is 61.4 Å². The van der Waals surface area contributed by atoms with Crippen molar-refractivity contribution >= 4 is 33.2 Å². The summed E-state index contributed by atoms with van der Waals surface area (Å²) in [5, 5.41) is 3.47. The largest absolute Gasteiger partial charge is 0.345 e. The Morgan fingerprint density at radius 2 is 1.67 bits per heavy atom. The van der Waals surface area contributed by atoms with E-state index < -0.39 is 10.0 Å². The summed E-state index contributed by atoms with van der Waals surface area (Å²) in [4.78, 5) is 12.9. The highest BCUT2D eigenvalue weighted by atomic mass is 35.5. The van der Waals surface area contributed by atoms with Crippen LogP contribution in [0.1, 0.15) is 40.9 Å². The van der Waals surface area contributed by atoms with E-state index in [1.807, 2.05) is 38.1 Å². The van der Waals surface area contributed by atoms with Gasteiger partial charge in [-0.3, -0.25) is 9.52 Å². The molecule has 0 saturated heterocycles. The monoisotopic (exact) mass is 442 g/mol. The van der Waals surface area contributed by atoms with Gasteiger partial charge >= 0.3 is 0 Å². The smallest absolute Gasteiger partial charge is 0.261 e. The van der Waals surface area contributed by atoms with Gasteiger partial charge in [-0.2, -0.15) is 0 Å². The number of hydrogen-bond acceptors (Lipinski definition) is 3. The third kappa shape index (κ3) is 5.40. The number of carbonyl (C=O) groups excluding carboxylic acids is 1. The number of amides is 1. The van der Waals surface area contributed by atoms with E-state index in [9.17, 15) is 13.2 Å². The van der Waals surface area contributed by atoms with Crippen molar-refractivity contribution in [2.45, 2.75) is 31.2 Å². The number of nitrogens with one attached hydrogen (secondary N) is 2. The number of aryl methyl sites for hydroxylation is 1. The Bertz CT molecular complexity index is 1130. The molecule has 0 aliphatic heterocycles. The molecule has 1 atom stereocenters. The molecule has 0 aliphatic rings. The number of halogens is 1. The Kier molecular flexibility index (Phi) is 6.80. The molecule has 3 rings (SSSR count). The SMILES string of the molecule is CC[C@H](NC(=O)c1cccc(NS(=O)(=O)c2ccc(Cl)cc2)c1)c1ccc(C)cc1. The lowest BCUT2D eigenvalue weighted by Gasteiger charge is -2.18. The molecule has 0 fully saturated rings. The Balaban J connectivity index is 1.76. The van der Waals surface area contributed by atoms with Crippen LogP contribution in [0.2, 0.25) is 5.02 Å². The van der Waals surface area contributed by atoms with E-state index in [-0.39, 0.29) is 16.8 Å². The number of anilines is 1. The summed E-state index contributed by atoms with van der Waals surface area (Å²) >= 11 is 5.82. The lowest BCUT2D eigenvalue weighted by atomic mass is 10.0. The minimum atomic E-state index is -3.79. The van der Waals surface area contributed by atoms with Crippen molar-refractivity contribution in [1.29, 1.82) is 0 Å².